The number of piperidine rings is 1. The van der Waals surface area contributed by atoms with Gasteiger partial charge in [0.1, 0.15) is 0 Å². The highest BCUT2D eigenvalue weighted by Gasteiger charge is 2.28. The molecule has 0 aliphatic carbocycles. The first-order valence-corrected chi connectivity index (χ1v) is 9.15. The van der Waals surface area contributed by atoms with Gasteiger partial charge in [0.15, 0.2) is 0 Å². The Morgan fingerprint density at radius 3 is 2.32 bits per heavy atom. The zero-order chi connectivity index (χ0) is 15.0. The van der Waals surface area contributed by atoms with Crippen molar-refractivity contribution in [2.45, 2.75) is 23.8 Å². The second-order valence-electron chi connectivity index (χ2n) is 5.39. The SMILES string of the molecule is Cl.NC1CCN(S(=O)(=O)c2ccc3cc(Br)ccc3c2)CC1. The second kappa shape index (κ2) is 6.84. The first kappa shape index (κ1) is 17.7. The molecule has 3 rings (SSSR count). The summed E-state index contributed by atoms with van der Waals surface area (Å²) in [7, 11) is -3.42. The Morgan fingerprint density at radius 2 is 1.64 bits per heavy atom. The van der Waals surface area contributed by atoms with Crippen LogP contribution in [0.2, 0.25) is 0 Å². The number of sulfonamides is 1. The van der Waals surface area contributed by atoms with Gasteiger partial charge in [-0.2, -0.15) is 4.31 Å². The molecule has 1 aliphatic heterocycles. The number of nitrogens with two attached hydrogens (primary N) is 1. The van der Waals surface area contributed by atoms with Crippen LogP contribution in [0.5, 0.6) is 0 Å². The second-order valence-corrected chi connectivity index (χ2v) is 8.25. The van der Waals surface area contributed by atoms with Crippen LogP contribution in [-0.2, 0) is 10.0 Å². The molecule has 4 nitrogen and oxygen atoms in total. The number of nitrogens with zero attached hydrogens (tertiary/aromatic N) is 1. The van der Waals surface area contributed by atoms with E-state index in [0.717, 1.165) is 28.1 Å². The van der Waals surface area contributed by atoms with Gasteiger partial charge < -0.3 is 5.73 Å². The number of hydrogen-bond acceptors (Lipinski definition) is 3. The summed E-state index contributed by atoms with van der Waals surface area (Å²) in [6, 6.07) is 11.2. The number of fused-ring (bicyclic) bond motifs is 1. The third-order valence-electron chi connectivity index (χ3n) is 3.91. The molecule has 1 fully saturated rings. The molecule has 0 aromatic heterocycles. The van der Waals surface area contributed by atoms with E-state index in [1.807, 2.05) is 24.3 Å². The van der Waals surface area contributed by atoms with Crippen LogP contribution >= 0.6 is 28.3 Å². The van der Waals surface area contributed by atoms with Gasteiger partial charge in [0.2, 0.25) is 10.0 Å². The van der Waals surface area contributed by atoms with E-state index in [1.165, 1.54) is 4.31 Å². The van der Waals surface area contributed by atoms with Gasteiger partial charge >= 0.3 is 0 Å². The van der Waals surface area contributed by atoms with Crippen molar-refractivity contribution in [1.29, 1.82) is 0 Å². The molecule has 0 bridgehead atoms. The van der Waals surface area contributed by atoms with E-state index >= 15 is 0 Å². The van der Waals surface area contributed by atoms with Crippen LogP contribution in [0.3, 0.4) is 0 Å². The van der Waals surface area contributed by atoms with E-state index in [9.17, 15) is 8.42 Å². The quantitative estimate of drug-likeness (QED) is 0.835. The lowest BCUT2D eigenvalue weighted by molar-refractivity contribution is 0.320. The minimum atomic E-state index is -3.42. The van der Waals surface area contributed by atoms with Crippen LogP contribution in [0, 0.1) is 0 Å². The normalized spacial score (nSPS) is 17.4. The summed E-state index contributed by atoms with van der Waals surface area (Å²) < 4.78 is 27.9. The molecule has 2 aromatic rings. The highest BCUT2D eigenvalue weighted by molar-refractivity contribution is 9.10. The molecule has 1 heterocycles. The smallest absolute Gasteiger partial charge is 0.243 e. The Labute approximate surface area is 145 Å². The molecule has 0 atom stereocenters. The zero-order valence-corrected chi connectivity index (χ0v) is 15.1. The van der Waals surface area contributed by atoms with E-state index in [-0.39, 0.29) is 18.4 Å². The van der Waals surface area contributed by atoms with Gasteiger partial charge in [-0.3, -0.25) is 0 Å². The highest BCUT2D eigenvalue weighted by Crippen LogP contribution is 2.26. The Bertz CT molecular complexity index is 774. The van der Waals surface area contributed by atoms with Crippen LogP contribution in [0.15, 0.2) is 45.8 Å². The van der Waals surface area contributed by atoms with Crippen LogP contribution < -0.4 is 5.73 Å². The monoisotopic (exact) mass is 404 g/mol. The van der Waals surface area contributed by atoms with Gasteiger partial charge in [0.25, 0.3) is 0 Å². The maximum absolute atomic E-state index is 12.7. The molecular formula is C15H18BrClN2O2S. The van der Waals surface area contributed by atoms with Crippen molar-refractivity contribution in [3.05, 3.63) is 40.9 Å². The fourth-order valence-corrected chi connectivity index (χ4v) is 4.50. The minimum absolute atomic E-state index is 0. The predicted octanol–water partition coefficient (Wildman–Crippen LogP) is 3.14. The summed E-state index contributed by atoms with van der Waals surface area (Å²) in [5.41, 5.74) is 5.84. The molecule has 0 spiro atoms. The van der Waals surface area contributed by atoms with Crippen LogP contribution in [0.1, 0.15) is 12.8 Å². The maximum Gasteiger partial charge on any atom is 0.243 e. The highest BCUT2D eigenvalue weighted by atomic mass is 79.9. The summed E-state index contributed by atoms with van der Waals surface area (Å²) in [5.74, 6) is 0. The fraction of sp³-hybridized carbons (Fsp3) is 0.333. The average molecular weight is 406 g/mol. The molecule has 7 heteroatoms. The third-order valence-corrected chi connectivity index (χ3v) is 6.30. The Hall–Kier alpha value is -0.660. The molecule has 0 saturated carbocycles. The maximum atomic E-state index is 12.7. The Kier molecular flexibility index (Phi) is 5.50. The minimum Gasteiger partial charge on any atom is -0.328 e. The summed E-state index contributed by atoms with van der Waals surface area (Å²) >= 11 is 3.42. The van der Waals surface area contributed by atoms with Crippen molar-refractivity contribution in [3.8, 4) is 0 Å². The predicted molar refractivity (Wildman–Crippen MR) is 94.9 cm³/mol. The number of benzene rings is 2. The first-order valence-electron chi connectivity index (χ1n) is 6.92. The average Bonchev–Trinajstić information content (AvgIpc) is 2.47. The van der Waals surface area contributed by atoms with Gasteiger partial charge in [-0.25, -0.2) is 8.42 Å². The lowest BCUT2D eigenvalue weighted by Crippen LogP contribution is -2.42. The molecule has 0 radical (unpaired) electrons. The molecule has 0 unspecified atom stereocenters. The van der Waals surface area contributed by atoms with E-state index in [2.05, 4.69) is 15.9 Å². The van der Waals surface area contributed by atoms with Gasteiger partial charge in [0.05, 0.1) is 4.90 Å². The van der Waals surface area contributed by atoms with Crippen molar-refractivity contribution in [3.63, 3.8) is 0 Å². The van der Waals surface area contributed by atoms with Crippen molar-refractivity contribution < 1.29 is 8.42 Å². The topological polar surface area (TPSA) is 63.4 Å². The van der Waals surface area contributed by atoms with Crippen LogP contribution in [0.25, 0.3) is 10.8 Å². The Morgan fingerprint density at radius 1 is 1.05 bits per heavy atom. The van der Waals surface area contributed by atoms with E-state index < -0.39 is 10.0 Å². The molecule has 0 amide bonds. The van der Waals surface area contributed by atoms with E-state index in [1.54, 1.807) is 12.1 Å². The van der Waals surface area contributed by atoms with E-state index in [0.29, 0.717) is 18.0 Å². The van der Waals surface area contributed by atoms with Gasteiger partial charge in [-0.05, 0) is 47.9 Å². The van der Waals surface area contributed by atoms with Gasteiger partial charge in [-0.15, -0.1) is 12.4 Å². The van der Waals surface area contributed by atoms with Crippen molar-refractivity contribution in [2.24, 2.45) is 5.73 Å². The van der Waals surface area contributed by atoms with Crippen LogP contribution in [-0.4, -0.2) is 31.9 Å². The molecular weight excluding hydrogens is 388 g/mol. The lowest BCUT2D eigenvalue weighted by atomic mass is 10.1. The zero-order valence-electron chi connectivity index (χ0n) is 11.9. The number of rotatable bonds is 2. The van der Waals surface area contributed by atoms with Crippen molar-refractivity contribution >= 4 is 49.1 Å². The van der Waals surface area contributed by atoms with Crippen molar-refractivity contribution in [1.82, 2.24) is 4.31 Å². The molecule has 1 saturated heterocycles. The molecule has 2 aromatic carbocycles. The van der Waals surface area contributed by atoms with Gasteiger partial charge in [0, 0.05) is 23.6 Å². The third kappa shape index (κ3) is 3.46. The summed E-state index contributed by atoms with van der Waals surface area (Å²) in [6.45, 7) is 1.00. The van der Waals surface area contributed by atoms with E-state index in [4.69, 9.17) is 5.73 Å². The van der Waals surface area contributed by atoms with Crippen LogP contribution in [0.4, 0.5) is 0 Å². The molecule has 22 heavy (non-hydrogen) atoms. The summed E-state index contributed by atoms with van der Waals surface area (Å²) in [5, 5.41) is 1.94. The standard InChI is InChI=1S/C15H17BrN2O2S.ClH/c16-13-3-1-12-10-15(4-2-11(12)9-13)21(19,20)18-7-5-14(17)6-8-18;/h1-4,9-10,14H,5-8,17H2;1H. The largest absolute Gasteiger partial charge is 0.328 e. The number of halogens is 2. The fourth-order valence-electron chi connectivity index (χ4n) is 2.62. The summed E-state index contributed by atoms with van der Waals surface area (Å²) in [4.78, 5) is 0.354. The molecule has 1 aliphatic rings. The Balaban J connectivity index is 0.00000176. The van der Waals surface area contributed by atoms with Crippen molar-refractivity contribution in [2.75, 3.05) is 13.1 Å². The lowest BCUT2D eigenvalue weighted by Gasteiger charge is -2.29. The molecule has 120 valence electrons. The number of hydrogen-bond donors (Lipinski definition) is 1. The molecule has 2 N–H and O–H groups in total. The van der Waals surface area contributed by atoms with Gasteiger partial charge in [-0.1, -0.05) is 28.1 Å². The first-order chi connectivity index (χ1) is 9.96. The summed E-state index contributed by atoms with van der Waals surface area (Å²) in [6.07, 6.45) is 1.44.